The summed E-state index contributed by atoms with van der Waals surface area (Å²) in [4.78, 5) is 25.7. The topological polar surface area (TPSA) is 87.2 Å². The van der Waals surface area contributed by atoms with Gasteiger partial charge in [-0.25, -0.2) is 4.79 Å². The van der Waals surface area contributed by atoms with Gasteiger partial charge in [-0.3, -0.25) is 10.1 Å². The second-order valence-electron chi connectivity index (χ2n) is 6.34. The number of rotatable bonds is 5. The maximum Gasteiger partial charge on any atom is 0.317 e. The maximum atomic E-state index is 12.5. The van der Waals surface area contributed by atoms with Crippen molar-refractivity contribution >= 4 is 28.4 Å². The molecule has 2 N–H and O–H groups in total. The summed E-state index contributed by atoms with van der Waals surface area (Å²) in [5.74, 6) is -0.370. The van der Waals surface area contributed by atoms with Crippen LogP contribution in [0.25, 0.3) is 10.6 Å². The molecule has 0 unspecified atom stereocenters. The number of amides is 3. The Bertz CT molecular complexity index is 757. The van der Waals surface area contributed by atoms with Crippen LogP contribution in [0.15, 0.2) is 24.3 Å². The van der Waals surface area contributed by atoms with Crippen LogP contribution in [-0.4, -0.2) is 47.2 Å². The van der Waals surface area contributed by atoms with E-state index in [-0.39, 0.29) is 17.9 Å². The van der Waals surface area contributed by atoms with E-state index >= 15 is 0 Å². The standard InChI is InChI=1S/C17H23N5O2S/c1-10(2)13(18-17(24)22(4)5)14(23)19-16-21-20-15(25-16)12-8-6-7-11(3)9-12/h6-10,13H,1-5H3,(H,18,24)(H,19,21,23)/t13-/m0/s1. The minimum absolute atomic E-state index is 0.0620. The van der Waals surface area contributed by atoms with Crippen molar-refractivity contribution in [3.8, 4) is 10.6 Å². The number of nitrogens with one attached hydrogen (secondary N) is 2. The quantitative estimate of drug-likeness (QED) is 0.857. The molecule has 0 radical (unpaired) electrons. The van der Waals surface area contributed by atoms with Crippen molar-refractivity contribution in [2.24, 2.45) is 5.92 Å². The molecule has 1 heterocycles. The molecule has 1 aromatic carbocycles. The van der Waals surface area contributed by atoms with Crippen molar-refractivity contribution in [1.82, 2.24) is 20.4 Å². The third-order valence-electron chi connectivity index (χ3n) is 3.55. The Morgan fingerprint density at radius 2 is 1.92 bits per heavy atom. The third-order valence-corrected chi connectivity index (χ3v) is 4.44. The molecule has 0 spiro atoms. The zero-order valence-electron chi connectivity index (χ0n) is 15.0. The molecule has 2 rings (SSSR count). The molecular weight excluding hydrogens is 338 g/mol. The monoisotopic (exact) mass is 361 g/mol. The first kappa shape index (κ1) is 18.9. The van der Waals surface area contributed by atoms with Gasteiger partial charge in [0.25, 0.3) is 0 Å². The van der Waals surface area contributed by atoms with Gasteiger partial charge in [-0.2, -0.15) is 0 Å². The van der Waals surface area contributed by atoms with E-state index in [9.17, 15) is 9.59 Å². The minimum Gasteiger partial charge on any atom is -0.331 e. The van der Waals surface area contributed by atoms with Gasteiger partial charge in [0.2, 0.25) is 11.0 Å². The maximum absolute atomic E-state index is 12.5. The summed E-state index contributed by atoms with van der Waals surface area (Å²) in [6.07, 6.45) is 0. The lowest BCUT2D eigenvalue weighted by atomic mass is 10.0. The smallest absolute Gasteiger partial charge is 0.317 e. The summed E-state index contributed by atoms with van der Waals surface area (Å²) in [5.41, 5.74) is 2.09. The second kappa shape index (κ2) is 8.06. The zero-order chi connectivity index (χ0) is 18.6. The molecule has 25 heavy (non-hydrogen) atoms. The van der Waals surface area contributed by atoms with Gasteiger partial charge in [0.05, 0.1) is 0 Å². The molecule has 0 saturated heterocycles. The van der Waals surface area contributed by atoms with Gasteiger partial charge in [0.1, 0.15) is 11.0 Å². The third kappa shape index (κ3) is 4.99. The number of carbonyl (C=O) groups excluding carboxylic acids is 2. The summed E-state index contributed by atoms with van der Waals surface area (Å²) in [7, 11) is 3.26. The zero-order valence-corrected chi connectivity index (χ0v) is 15.8. The first-order valence-corrected chi connectivity index (χ1v) is 8.78. The molecule has 1 aromatic heterocycles. The predicted octanol–water partition coefficient (Wildman–Crippen LogP) is 2.75. The number of aromatic nitrogens is 2. The Labute approximate surface area is 151 Å². The summed E-state index contributed by atoms with van der Waals surface area (Å²) < 4.78 is 0. The molecule has 0 bridgehead atoms. The van der Waals surface area contributed by atoms with E-state index < -0.39 is 6.04 Å². The molecule has 0 saturated carbocycles. The van der Waals surface area contributed by atoms with Crippen LogP contribution in [0.3, 0.4) is 0 Å². The normalized spacial score (nSPS) is 11.9. The van der Waals surface area contributed by atoms with E-state index in [2.05, 4.69) is 20.8 Å². The van der Waals surface area contributed by atoms with Crippen molar-refractivity contribution in [3.63, 3.8) is 0 Å². The largest absolute Gasteiger partial charge is 0.331 e. The second-order valence-corrected chi connectivity index (χ2v) is 7.31. The lowest BCUT2D eigenvalue weighted by Crippen LogP contribution is -2.50. The molecular formula is C17H23N5O2S. The van der Waals surface area contributed by atoms with Crippen LogP contribution < -0.4 is 10.6 Å². The van der Waals surface area contributed by atoms with Gasteiger partial charge >= 0.3 is 6.03 Å². The van der Waals surface area contributed by atoms with Crippen molar-refractivity contribution in [3.05, 3.63) is 29.8 Å². The fourth-order valence-corrected chi connectivity index (χ4v) is 2.89. The van der Waals surface area contributed by atoms with Crippen LogP contribution >= 0.6 is 11.3 Å². The van der Waals surface area contributed by atoms with E-state index in [1.54, 1.807) is 14.1 Å². The summed E-state index contributed by atoms with van der Waals surface area (Å²) >= 11 is 1.30. The molecule has 8 heteroatoms. The number of anilines is 1. The van der Waals surface area contributed by atoms with Gasteiger partial charge in [0.15, 0.2) is 0 Å². The Morgan fingerprint density at radius 1 is 1.20 bits per heavy atom. The van der Waals surface area contributed by atoms with Gasteiger partial charge in [-0.1, -0.05) is 48.9 Å². The van der Waals surface area contributed by atoms with Gasteiger partial charge < -0.3 is 10.2 Å². The fourth-order valence-electron chi connectivity index (χ4n) is 2.15. The first-order valence-electron chi connectivity index (χ1n) is 7.97. The van der Waals surface area contributed by atoms with Gasteiger partial charge in [-0.15, -0.1) is 10.2 Å². The van der Waals surface area contributed by atoms with Gasteiger partial charge in [0, 0.05) is 19.7 Å². The van der Waals surface area contributed by atoms with Crippen LogP contribution in [0.2, 0.25) is 0 Å². The first-order chi connectivity index (χ1) is 11.8. The fraction of sp³-hybridized carbons (Fsp3) is 0.412. The van der Waals surface area contributed by atoms with Gasteiger partial charge in [-0.05, 0) is 18.9 Å². The molecule has 1 atom stereocenters. The highest BCUT2D eigenvalue weighted by Gasteiger charge is 2.25. The van der Waals surface area contributed by atoms with Crippen LogP contribution in [0.4, 0.5) is 9.93 Å². The number of hydrogen-bond acceptors (Lipinski definition) is 5. The molecule has 0 aliphatic carbocycles. The molecule has 0 aliphatic heterocycles. The number of aryl methyl sites for hydroxylation is 1. The summed E-state index contributed by atoms with van der Waals surface area (Å²) in [6.45, 7) is 5.75. The number of nitrogens with zero attached hydrogens (tertiary/aromatic N) is 3. The van der Waals surface area contributed by atoms with Crippen LogP contribution in [-0.2, 0) is 4.79 Å². The van der Waals surface area contributed by atoms with Crippen molar-refractivity contribution in [1.29, 1.82) is 0 Å². The molecule has 134 valence electrons. The Hall–Kier alpha value is -2.48. The van der Waals surface area contributed by atoms with Crippen molar-refractivity contribution in [2.75, 3.05) is 19.4 Å². The van der Waals surface area contributed by atoms with E-state index in [4.69, 9.17) is 0 Å². The number of urea groups is 1. The SMILES string of the molecule is Cc1cccc(-c2nnc(NC(=O)[C@@H](NC(=O)N(C)C)C(C)C)s2)c1. The Morgan fingerprint density at radius 3 is 2.52 bits per heavy atom. The van der Waals surface area contributed by atoms with Crippen molar-refractivity contribution < 1.29 is 9.59 Å². The molecule has 0 fully saturated rings. The average molecular weight is 361 g/mol. The highest BCUT2D eigenvalue weighted by atomic mass is 32.1. The Kier molecular flexibility index (Phi) is 6.08. The van der Waals surface area contributed by atoms with E-state index in [1.165, 1.54) is 16.2 Å². The molecule has 0 aliphatic rings. The van der Waals surface area contributed by atoms with E-state index in [0.717, 1.165) is 16.1 Å². The molecule has 2 aromatic rings. The minimum atomic E-state index is -0.652. The highest BCUT2D eigenvalue weighted by Crippen LogP contribution is 2.27. The van der Waals surface area contributed by atoms with E-state index in [0.29, 0.717) is 5.13 Å². The summed E-state index contributed by atoms with van der Waals surface area (Å²) in [6, 6.07) is 6.96. The van der Waals surface area contributed by atoms with Crippen LogP contribution in [0, 0.1) is 12.8 Å². The number of hydrogen-bond donors (Lipinski definition) is 2. The number of carbonyl (C=O) groups is 2. The highest BCUT2D eigenvalue weighted by molar-refractivity contribution is 7.18. The lowest BCUT2D eigenvalue weighted by Gasteiger charge is -2.23. The Balaban J connectivity index is 2.10. The predicted molar refractivity (Wildman–Crippen MR) is 99.6 cm³/mol. The number of benzene rings is 1. The summed E-state index contributed by atoms with van der Waals surface area (Å²) in [5, 5.41) is 14.8. The van der Waals surface area contributed by atoms with Crippen LogP contribution in [0.1, 0.15) is 19.4 Å². The van der Waals surface area contributed by atoms with Crippen molar-refractivity contribution in [2.45, 2.75) is 26.8 Å². The molecule has 7 nitrogen and oxygen atoms in total. The van der Waals surface area contributed by atoms with Crippen LogP contribution in [0.5, 0.6) is 0 Å². The average Bonchev–Trinajstić information content (AvgIpc) is 3.00. The lowest BCUT2D eigenvalue weighted by molar-refractivity contribution is -0.118. The van der Waals surface area contributed by atoms with E-state index in [1.807, 2.05) is 45.0 Å². The molecule has 3 amide bonds.